The Hall–Kier alpha value is -3.41. The van der Waals surface area contributed by atoms with Crippen LogP contribution in [0.25, 0.3) is 10.8 Å². The standard InChI is InChI=1S/C20H16N2O4/c1-26-20(25)15-11-22(17-9-5-4-8-14(15)17)19(24)16-10-12-6-2-3-7-13(12)18(23)21-16/h2-10,15H,11H2,1H3,(H,21,23)/t15-/m1/s1. The largest absolute Gasteiger partial charge is 0.468 e. The van der Waals surface area contributed by atoms with E-state index < -0.39 is 5.92 Å². The summed E-state index contributed by atoms with van der Waals surface area (Å²) in [5.74, 6) is -1.28. The van der Waals surface area contributed by atoms with Gasteiger partial charge in [0.15, 0.2) is 0 Å². The van der Waals surface area contributed by atoms with Crippen molar-refractivity contribution in [2.24, 2.45) is 0 Å². The average Bonchev–Trinajstić information content (AvgIpc) is 3.06. The second kappa shape index (κ2) is 6.15. The van der Waals surface area contributed by atoms with Crippen molar-refractivity contribution in [2.45, 2.75) is 5.92 Å². The number of fused-ring (bicyclic) bond motifs is 2. The minimum atomic E-state index is -0.535. The average molecular weight is 348 g/mol. The van der Waals surface area contributed by atoms with Gasteiger partial charge < -0.3 is 14.6 Å². The Labute approximate surface area is 149 Å². The molecule has 1 N–H and O–H groups in total. The summed E-state index contributed by atoms with van der Waals surface area (Å²) in [5, 5.41) is 1.22. The molecule has 1 aromatic heterocycles. The predicted octanol–water partition coefficient (Wildman–Crippen LogP) is 2.45. The van der Waals surface area contributed by atoms with E-state index >= 15 is 0 Å². The Bertz CT molecular complexity index is 1090. The highest BCUT2D eigenvalue weighted by Gasteiger charge is 2.37. The van der Waals surface area contributed by atoms with E-state index in [0.717, 1.165) is 5.56 Å². The number of nitrogens with zero attached hydrogens (tertiary/aromatic N) is 1. The summed E-state index contributed by atoms with van der Waals surface area (Å²) in [6.07, 6.45) is 0. The van der Waals surface area contributed by atoms with Crippen LogP contribution in [0, 0.1) is 0 Å². The van der Waals surface area contributed by atoms with Crippen molar-refractivity contribution < 1.29 is 14.3 Å². The highest BCUT2D eigenvalue weighted by molar-refractivity contribution is 6.09. The highest BCUT2D eigenvalue weighted by atomic mass is 16.5. The number of H-pyrrole nitrogens is 1. The second-order valence-corrected chi connectivity index (χ2v) is 6.15. The molecule has 1 amide bonds. The normalized spacial score (nSPS) is 15.7. The van der Waals surface area contributed by atoms with Gasteiger partial charge in [-0.3, -0.25) is 14.4 Å². The number of rotatable bonds is 2. The summed E-state index contributed by atoms with van der Waals surface area (Å²) in [6.45, 7) is 0.180. The first kappa shape index (κ1) is 16.1. The molecule has 1 aliphatic heterocycles. The van der Waals surface area contributed by atoms with Crippen LogP contribution in [-0.4, -0.2) is 30.5 Å². The van der Waals surface area contributed by atoms with Gasteiger partial charge in [0.1, 0.15) is 11.6 Å². The first-order valence-electron chi connectivity index (χ1n) is 8.21. The fraction of sp³-hybridized carbons (Fsp3) is 0.150. The zero-order chi connectivity index (χ0) is 18.3. The first-order valence-corrected chi connectivity index (χ1v) is 8.21. The number of aromatic nitrogens is 1. The van der Waals surface area contributed by atoms with E-state index in [0.29, 0.717) is 16.5 Å². The molecule has 0 spiro atoms. The molecule has 26 heavy (non-hydrogen) atoms. The molecule has 6 heteroatoms. The Morgan fingerprint density at radius 1 is 1.12 bits per heavy atom. The lowest BCUT2D eigenvalue weighted by Crippen LogP contribution is -2.33. The van der Waals surface area contributed by atoms with Crippen molar-refractivity contribution >= 4 is 28.3 Å². The second-order valence-electron chi connectivity index (χ2n) is 6.15. The van der Waals surface area contributed by atoms with Crippen molar-refractivity contribution in [2.75, 3.05) is 18.6 Å². The summed E-state index contributed by atoms with van der Waals surface area (Å²) in [4.78, 5) is 41.6. The number of esters is 1. The Morgan fingerprint density at radius 3 is 2.65 bits per heavy atom. The Morgan fingerprint density at radius 2 is 1.85 bits per heavy atom. The number of aromatic amines is 1. The molecule has 2 heterocycles. The molecule has 0 radical (unpaired) electrons. The highest BCUT2D eigenvalue weighted by Crippen LogP contribution is 2.37. The van der Waals surface area contributed by atoms with Gasteiger partial charge in [0.2, 0.25) is 0 Å². The molecule has 6 nitrogen and oxygen atoms in total. The van der Waals surface area contributed by atoms with E-state index in [4.69, 9.17) is 4.74 Å². The lowest BCUT2D eigenvalue weighted by atomic mass is 10.0. The van der Waals surface area contributed by atoms with Gasteiger partial charge in [0.25, 0.3) is 11.5 Å². The number of nitrogens with one attached hydrogen (secondary N) is 1. The molecule has 4 rings (SSSR count). The van der Waals surface area contributed by atoms with Crippen molar-refractivity contribution in [3.63, 3.8) is 0 Å². The van der Waals surface area contributed by atoms with Crippen LogP contribution in [0.3, 0.4) is 0 Å². The van der Waals surface area contributed by atoms with Crippen LogP contribution in [0.15, 0.2) is 59.4 Å². The van der Waals surface area contributed by atoms with E-state index in [2.05, 4.69) is 4.98 Å². The summed E-state index contributed by atoms with van der Waals surface area (Å²) in [5.41, 5.74) is 1.27. The number of methoxy groups -OCH3 is 1. The van der Waals surface area contributed by atoms with Gasteiger partial charge in [-0.2, -0.15) is 0 Å². The molecule has 0 fully saturated rings. The van der Waals surface area contributed by atoms with Gasteiger partial charge in [0, 0.05) is 17.6 Å². The van der Waals surface area contributed by atoms with Crippen LogP contribution in [0.1, 0.15) is 22.0 Å². The van der Waals surface area contributed by atoms with Gasteiger partial charge in [-0.05, 0) is 29.1 Å². The van der Waals surface area contributed by atoms with E-state index in [1.807, 2.05) is 24.3 Å². The summed E-state index contributed by atoms with van der Waals surface area (Å²) in [6, 6.07) is 16.0. The summed E-state index contributed by atoms with van der Waals surface area (Å²) < 4.78 is 4.87. The predicted molar refractivity (Wildman–Crippen MR) is 97.4 cm³/mol. The van der Waals surface area contributed by atoms with Crippen LogP contribution >= 0.6 is 0 Å². The zero-order valence-electron chi connectivity index (χ0n) is 14.1. The molecule has 0 unspecified atom stereocenters. The van der Waals surface area contributed by atoms with E-state index in [-0.39, 0.29) is 29.7 Å². The van der Waals surface area contributed by atoms with Gasteiger partial charge in [0.05, 0.1) is 7.11 Å². The maximum absolute atomic E-state index is 13.1. The number of para-hydroxylation sites is 1. The van der Waals surface area contributed by atoms with Gasteiger partial charge in [-0.25, -0.2) is 0 Å². The van der Waals surface area contributed by atoms with Crippen LogP contribution in [0.2, 0.25) is 0 Å². The van der Waals surface area contributed by atoms with Crippen molar-refractivity contribution in [1.82, 2.24) is 4.98 Å². The third-order valence-corrected chi connectivity index (χ3v) is 4.68. The number of carbonyl (C=O) groups excluding carboxylic acids is 2. The van der Waals surface area contributed by atoms with E-state index in [1.54, 1.807) is 30.3 Å². The number of benzene rings is 2. The first-order chi connectivity index (χ1) is 12.6. The number of hydrogen-bond acceptors (Lipinski definition) is 4. The molecule has 0 aliphatic carbocycles. The van der Waals surface area contributed by atoms with Crippen LogP contribution < -0.4 is 10.5 Å². The molecule has 1 aliphatic rings. The molecule has 0 saturated heterocycles. The Balaban J connectivity index is 1.78. The maximum atomic E-state index is 13.1. The molecular weight excluding hydrogens is 332 g/mol. The SMILES string of the molecule is COC(=O)[C@@H]1CN(C(=O)c2cc3ccccc3c(=O)[nH]2)c2ccccc21. The number of amides is 1. The van der Waals surface area contributed by atoms with Gasteiger partial charge in [-0.1, -0.05) is 36.4 Å². The number of carbonyl (C=O) groups is 2. The minimum absolute atomic E-state index is 0.180. The minimum Gasteiger partial charge on any atom is -0.468 e. The smallest absolute Gasteiger partial charge is 0.315 e. The van der Waals surface area contributed by atoms with Crippen molar-refractivity contribution in [3.05, 3.63) is 76.2 Å². The summed E-state index contributed by atoms with van der Waals surface area (Å²) >= 11 is 0. The molecular formula is C20H16N2O4. The maximum Gasteiger partial charge on any atom is 0.315 e. The van der Waals surface area contributed by atoms with Crippen LogP contribution in [0.5, 0.6) is 0 Å². The van der Waals surface area contributed by atoms with E-state index in [1.165, 1.54) is 12.0 Å². The fourth-order valence-corrected chi connectivity index (χ4v) is 3.41. The molecule has 0 bridgehead atoms. The van der Waals surface area contributed by atoms with Crippen LogP contribution in [-0.2, 0) is 9.53 Å². The van der Waals surface area contributed by atoms with Gasteiger partial charge >= 0.3 is 5.97 Å². The molecule has 0 saturated carbocycles. The lowest BCUT2D eigenvalue weighted by Gasteiger charge is -2.17. The zero-order valence-corrected chi connectivity index (χ0v) is 14.1. The molecule has 2 aromatic carbocycles. The topological polar surface area (TPSA) is 79.5 Å². The number of pyridine rings is 1. The fourth-order valence-electron chi connectivity index (χ4n) is 3.41. The Kier molecular flexibility index (Phi) is 3.80. The van der Waals surface area contributed by atoms with Crippen molar-refractivity contribution in [3.8, 4) is 0 Å². The third-order valence-electron chi connectivity index (χ3n) is 4.68. The van der Waals surface area contributed by atoms with E-state index in [9.17, 15) is 14.4 Å². The monoisotopic (exact) mass is 348 g/mol. The number of hydrogen-bond donors (Lipinski definition) is 1. The number of ether oxygens (including phenoxy) is 1. The molecule has 3 aromatic rings. The summed E-state index contributed by atoms with van der Waals surface area (Å²) in [7, 11) is 1.33. The van der Waals surface area contributed by atoms with Crippen LogP contribution in [0.4, 0.5) is 5.69 Å². The van der Waals surface area contributed by atoms with Gasteiger partial charge in [-0.15, -0.1) is 0 Å². The molecule has 130 valence electrons. The molecule has 1 atom stereocenters. The lowest BCUT2D eigenvalue weighted by molar-refractivity contribution is -0.141. The quantitative estimate of drug-likeness (QED) is 0.722. The third kappa shape index (κ3) is 2.47. The van der Waals surface area contributed by atoms with Crippen molar-refractivity contribution in [1.29, 1.82) is 0 Å². The number of anilines is 1.